The van der Waals surface area contributed by atoms with E-state index in [-0.39, 0.29) is 42.7 Å². The number of hydrogen-bond donors (Lipinski definition) is 2. The molecule has 6 nitrogen and oxygen atoms in total. The summed E-state index contributed by atoms with van der Waals surface area (Å²) in [5.74, 6) is 1.41. The van der Waals surface area contributed by atoms with Crippen LogP contribution in [0.25, 0.3) is 0 Å². The highest BCUT2D eigenvalue weighted by Crippen LogP contribution is 2.41. The first-order valence-corrected chi connectivity index (χ1v) is 8.02. The highest BCUT2D eigenvalue weighted by molar-refractivity contribution is 5.85. The van der Waals surface area contributed by atoms with E-state index in [2.05, 4.69) is 15.4 Å². The van der Waals surface area contributed by atoms with Crippen molar-refractivity contribution in [3.63, 3.8) is 0 Å². The van der Waals surface area contributed by atoms with Gasteiger partial charge in [-0.25, -0.2) is 4.98 Å². The summed E-state index contributed by atoms with van der Waals surface area (Å²) in [4.78, 5) is 16.4. The summed E-state index contributed by atoms with van der Waals surface area (Å²) < 4.78 is 1.75. The SMILES string of the molecule is CC(Cn1cncn1)NC(=O)C1CC2CCCC(C1)C2N.Cl.Cl. The van der Waals surface area contributed by atoms with E-state index in [1.165, 1.54) is 25.6 Å². The summed E-state index contributed by atoms with van der Waals surface area (Å²) in [5, 5.41) is 7.19. The Morgan fingerprint density at radius 3 is 2.57 bits per heavy atom. The lowest BCUT2D eigenvalue weighted by atomic mass is 9.65. The number of fused-ring (bicyclic) bond motifs is 2. The van der Waals surface area contributed by atoms with Crippen molar-refractivity contribution in [2.75, 3.05) is 0 Å². The maximum Gasteiger partial charge on any atom is 0.223 e. The molecule has 0 spiro atoms. The number of aromatic nitrogens is 3. The Hall–Kier alpha value is -0.850. The lowest BCUT2D eigenvalue weighted by Crippen LogP contribution is -2.50. The molecule has 2 saturated carbocycles. The minimum absolute atomic E-state index is 0. The molecule has 0 radical (unpaired) electrons. The number of carbonyl (C=O) groups excluding carboxylic acids is 1. The first-order valence-electron chi connectivity index (χ1n) is 8.02. The van der Waals surface area contributed by atoms with Crippen LogP contribution in [0.5, 0.6) is 0 Å². The quantitative estimate of drug-likeness (QED) is 0.853. The molecule has 0 aliphatic heterocycles. The van der Waals surface area contributed by atoms with Gasteiger partial charge in [-0.2, -0.15) is 5.10 Å². The molecule has 8 heteroatoms. The second-order valence-corrected chi connectivity index (χ2v) is 6.72. The van der Waals surface area contributed by atoms with E-state index in [1.54, 1.807) is 11.0 Å². The maximum atomic E-state index is 12.5. The average Bonchev–Trinajstić information content (AvgIpc) is 2.90. The van der Waals surface area contributed by atoms with E-state index in [0.717, 1.165) is 12.8 Å². The molecule has 2 aliphatic rings. The van der Waals surface area contributed by atoms with Crippen LogP contribution < -0.4 is 11.1 Å². The van der Waals surface area contributed by atoms with E-state index in [4.69, 9.17) is 5.73 Å². The third-order valence-electron chi connectivity index (χ3n) is 5.10. The Labute approximate surface area is 149 Å². The summed E-state index contributed by atoms with van der Waals surface area (Å²) in [7, 11) is 0. The molecule has 2 bridgehead atoms. The first-order chi connectivity index (χ1) is 10.1. The fraction of sp³-hybridized carbons (Fsp3) is 0.800. The van der Waals surface area contributed by atoms with Crippen LogP contribution in [0.3, 0.4) is 0 Å². The van der Waals surface area contributed by atoms with Gasteiger partial charge in [0.1, 0.15) is 12.7 Å². The second kappa shape index (κ2) is 8.85. The van der Waals surface area contributed by atoms with Gasteiger partial charge >= 0.3 is 0 Å². The van der Waals surface area contributed by atoms with Gasteiger partial charge < -0.3 is 11.1 Å². The number of nitrogens with two attached hydrogens (primary N) is 1. The number of hydrogen-bond acceptors (Lipinski definition) is 4. The topological polar surface area (TPSA) is 85.8 Å². The average molecular weight is 364 g/mol. The minimum Gasteiger partial charge on any atom is -0.352 e. The molecular weight excluding hydrogens is 337 g/mol. The van der Waals surface area contributed by atoms with E-state index in [9.17, 15) is 4.79 Å². The van der Waals surface area contributed by atoms with Gasteiger partial charge in [0.15, 0.2) is 0 Å². The molecule has 3 atom stereocenters. The molecule has 132 valence electrons. The number of nitrogens with one attached hydrogen (secondary N) is 1. The van der Waals surface area contributed by atoms with Crippen molar-refractivity contribution in [2.24, 2.45) is 23.5 Å². The fourth-order valence-corrected chi connectivity index (χ4v) is 4.02. The first kappa shape index (κ1) is 20.2. The van der Waals surface area contributed by atoms with Crippen LogP contribution in [0.2, 0.25) is 0 Å². The number of amides is 1. The zero-order chi connectivity index (χ0) is 14.8. The third-order valence-corrected chi connectivity index (χ3v) is 5.10. The van der Waals surface area contributed by atoms with Crippen molar-refractivity contribution in [1.82, 2.24) is 20.1 Å². The molecule has 23 heavy (non-hydrogen) atoms. The molecule has 1 aromatic rings. The number of nitrogens with zero attached hydrogens (tertiary/aromatic N) is 3. The Morgan fingerprint density at radius 1 is 1.35 bits per heavy atom. The predicted molar refractivity (Wildman–Crippen MR) is 93.7 cm³/mol. The molecular formula is C15H27Cl2N5O. The highest BCUT2D eigenvalue weighted by Gasteiger charge is 2.40. The Morgan fingerprint density at radius 2 is 2.00 bits per heavy atom. The summed E-state index contributed by atoms with van der Waals surface area (Å²) in [6.45, 7) is 2.67. The van der Waals surface area contributed by atoms with Gasteiger partial charge in [-0.15, -0.1) is 24.8 Å². The summed E-state index contributed by atoms with van der Waals surface area (Å²) >= 11 is 0. The van der Waals surface area contributed by atoms with Crippen LogP contribution in [0.15, 0.2) is 12.7 Å². The Bertz CT molecular complexity index is 470. The highest BCUT2D eigenvalue weighted by atomic mass is 35.5. The van der Waals surface area contributed by atoms with Gasteiger partial charge in [0, 0.05) is 18.0 Å². The van der Waals surface area contributed by atoms with Crippen LogP contribution in [0.1, 0.15) is 39.0 Å². The lowest BCUT2D eigenvalue weighted by molar-refractivity contribution is -0.128. The van der Waals surface area contributed by atoms with Gasteiger partial charge in [0.25, 0.3) is 0 Å². The molecule has 3 rings (SSSR count). The minimum atomic E-state index is 0. The predicted octanol–water partition coefficient (Wildman–Crippen LogP) is 1.78. The zero-order valence-electron chi connectivity index (χ0n) is 13.4. The molecule has 0 aromatic carbocycles. The normalized spacial score (nSPS) is 30.5. The van der Waals surface area contributed by atoms with Crippen LogP contribution in [0, 0.1) is 17.8 Å². The van der Waals surface area contributed by atoms with Crippen molar-refractivity contribution < 1.29 is 4.79 Å². The second-order valence-electron chi connectivity index (χ2n) is 6.72. The largest absolute Gasteiger partial charge is 0.352 e. The molecule has 2 aliphatic carbocycles. The summed E-state index contributed by atoms with van der Waals surface area (Å²) in [6.07, 6.45) is 8.76. The van der Waals surface area contributed by atoms with Crippen LogP contribution in [0.4, 0.5) is 0 Å². The smallest absolute Gasteiger partial charge is 0.223 e. The van der Waals surface area contributed by atoms with Crippen LogP contribution in [-0.4, -0.2) is 32.8 Å². The third kappa shape index (κ3) is 4.81. The van der Waals surface area contributed by atoms with Gasteiger partial charge in [0.2, 0.25) is 5.91 Å². The Kier molecular flexibility index (Phi) is 7.77. The summed E-state index contributed by atoms with van der Waals surface area (Å²) in [5.41, 5.74) is 6.29. The van der Waals surface area contributed by atoms with Crippen molar-refractivity contribution >= 4 is 30.7 Å². The fourth-order valence-electron chi connectivity index (χ4n) is 4.02. The summed E-state index contributed by atoms with van der Waals surface area (Å²) in [6, 6.07) is 0.380. The van der Waals surface area contributed by atoms with Crippen LogP contribution >= 0.6 is 24.8 Å². The molecule has 1 amide bonds. The van der Waals surface area contributed by atoms with Gasteiger partial charge in [0.05, 0.1) is 6.54 Å². The van der Waals surface area contributed by atoms with E-state index >= 15 is 0 Å². The zero-order valence-corrected chi connectivity index (χ0v) is 15.1. The molecule has 3 N–H and O–H groups in total. The number of rotatable bonds is 4. The standard InChI is InChI=1S/C15H25N5O.2ClH/c1-10(7-20-9-17-8-18-20)19-15(21)13-5-11-3-2-4-12(6-13)14(11)16;;/h8-14H,2-7,16H2,1H3,(H,19,21);2*1H. The molecule has 3 unspecified atom stereocenters. The maximum absolute atomic E-state index is 12.5. The molecule has 2 fully saturated rings. The number of halogens is 2. The molecule has 1 aromatic heterocycles. The van der Waals surface area contributed by atoms with Crippen molar-refractivity contribution in [2.45, 2.75) is 57.7 Å². The lowest BCUT2D eigenvalue weighted by Gasteiger charge is -2.43. The van der Waals surface area contributed by atoms with Gasteiger partial charge in [-0.3, -0.25) is 9.48 Å². The van der Waals surface area contributed by atoms with Crippen LogP contribution in [-0.2, 0) is 11.3 Å². The van der Waals surface area contributed by atoms with E-state index in [1.807, 2.05) is 6.92 Å². The van der Waals surface area contributed by atoms with Crippen molar-refractivity contribution in [3.05, 3.63) is 12.7 Å². The van der Waals surface area contributed by atoms with Crippen molar-refractivity contribution in [3.8, 4) is 0 Å². The van der Waals surface area contributed by atoms with E-state index < -0.39 is 0 Å². The van der Waals surface area contributed by atoms with Crippen molar-refractivity contribution in [1.29, 1.82) is 0 Å². The molecule has 0 saturated heterocycles. The molecule has 1 heterocycles. The van der Waals surface area contributed by atoms with Gasteiger partial charge in [-0.05, 0) is 44.4 Å². The van der Waals surface area contributed by atoms with Gasteiger partial charge in [-0.1, -0.05) is 6.42 Å². The number of carbonyl (C=O) groups is 1. The monoisotopic (exact) mass is 363 g/mol. The van der Waals surface area contributed by atoms with E-state index in [0.29, 0.717) is 24.4 Å². The Balaban J connectivity index is 0.00000132.